The number of hydrogen-bond donors (Lipinski definition) is 0. The van der Waals surface area contributed by atoms with Gasteiger partial charge in [0.25, 0.3) is 11.8 Å². The number of hydrogen-bond acceptors (Lipinski definition) is 6. The van der Waals surface area contributed by atoms with Gasteiger partial charge in [0.2, 0.25) is 0 Å². The number of ether oxygens (including phenoxy) is 3. The van der Waals surface area contributed by atoms with E-state index in [1.54, 1.807) is 18.2 Å². The van der Waals surface area contributed by atoms with Crippen LogP contribution in [-0.2, 0) is 14.3 Å². The second kappa shape index (κ2) is 9.44. The molecule has 0 N–H and O–H groups in total. The first kappa shape index (κ1) is 21.9. The second-order valence-corrected chi connectivity index (χ2v) is 7.89. The second-order valence-electron chi connectivity index (χ2n) is 7.89. The van der Waals surface area contributed by atoms with Gasteiger partial charge in [-0.3, -0.25) is 9.59 Å². The number of benzene rings is 2. The minimum absolute atomic E-state index is 0.0479. The van der Waals surface area contributed by atoms with Crippen LogP contribution in [-0.4, -0.2) is 55.7 Å². The molecule has 7 heteroatoms. The average Bonchev–Trinajstić information content (AvgIpc) is 3.05. The van der Waals surface area contributed by atoms with Crippen LogP contribution in [0.4, 0.5) is 5.69 Å². The molecule has 0 atom stereocenters. The summed E-state index contributed by atoms with van der Waals surface area (Å²) in [5.41, 5.74) is 1.99. The summed E-state index contributed by atoms with van der Waals surface area (Å²) in [7, 11) is 0. The minimum Gasteiger partial charge on any atom is -0.494 e. The SMILES string of the molecule is CCOc1cccc(N2C(=O)C(c3ccc(OC(C)C)cc3)=C(N3CCOCC3)C2=O)c1. The number of morpholine rings is 1. The van der Waals surface area contributed by atoms with E-state index in [9.17, 15) is 9.59 Å². The van der Waals surface area contributed by atoms with Gasteiger partial charge in [-0.15, -0.1) is 0 Å². The van der Waals surface area contributed by atoms with Crippen LogP contribution >= 0.6 is 0 Å². The molecule has 7 nitrogen and oxygen atoms in total. The Morgan fingerprint density at radius 1 is 0.969 bits per heavy atom. The number of rotatable bonds is 7. The van der Waals surface area contributed by atoms with E-state index in [4.69, 9.17) is 14.2 Å². The molecule has 2 aliphatic heterocycles. The van der Waals surface area contributed by atoms with E-state index in [2.05, 4.69) is 0 Å². The first-order valence-electron chi connectivity index (χ1n) is 10.9. The van der Waals surface area contributed by atoms with Crippen molar-refractivity contribution in [1.29, 1.82) is 0 Å². The normalized spacial score (nSPS) is 16.9. The van der Waals surface area contributed by atoms with Crippen molar-refractivity contribution in [2.75, 3.05) is 37.8 Å². The highest BCUT2D eigenvalue weighted by atomic mass is 16.5. The highest BCUT2D eigenvalue weighted by Gasteiger charge is 2.42. The molecule has 0 aliphatic carbocycles. The van der Waals surface area contributed by atoms with E-state index >= 15 is 0 Å². The standard InChI is InChI=1S/C25H28N2O5/c1-4-31-21-7-5-6-19(16-21)27-24(28)22(18-8-10-20(11-9-18)32-17(2)3)23(25(27)29)26-12-14-30-15-13-26/h5-11,16-17H,4,12-15H2,1-3H3. The number of carbonyl (C=O) groups is 2. The highest BCUT2D eigenvalue weighted by Crippen LogP contribution is 2.36. The smallest absolute Gasteiger partial charge is 0.282 e. The van der Waals surface area contributed by atoms with Crippen molar-refractivity contribution < 1.29 is 23.8 Å². The molecule has 2 amide bonds. The Morgan fingerprint density at radius 2 is 1.69 bits per heavy atom. The fourth-order valence-corrected chi connectivity index (χ4v) is 3.94. The molecule has 0 radical (unpaired) electrons. The van der Waals surface area contributed by atoms with Crippen LogP contribution in [0.25, 0.3) is 5.57 Å². The Morgan fingerprint density at radius 3 is 2.34 bits per heavy atom. The van der Waals surface area contributed by atoms with Crippen LogP contribution in [0.5, 0.6) is 11.5 Å². The van der Waals surface area contributed by atoms with E-state index in [1.807, 2.05) is 56.0 Å². The molecule has 1 saturated heterocycles. The van der Waals surface area contributed by atoms with Gasteiger partial charge < -0.3 is 19.1 Å². The summed E-state index contributed by atoms with van der Waals surface area (Å²) in [6.45, 7) is 8.44. The lowest BCUT2D eigenvalue weighted by atomic mass is 10.0. The van der Waals surface area contributed by atoms with Crippen LogP contribution in [0.2, 0.25) is 0 Å². The summed E-state index contributed by atoms with van der Waals surface area (Å²) in [4.78, 5) is 30.4. The molecule has 2 heterocycles. The summed E-state index contributed by atoms with van der Waals surface area (Å²) in [5, 5.41) is 0. The van der Waals surface area contributed by atoms with Gasteiger partial charge in [-0.2, -0.15) is 0 Å². The Balaban J connectivity index is 1.74. The summed E-state index contributed by atoms with van der Waals surface area (Å²) in [6.07, 6.45) is 0.0479. The third-order valence-corrected chi connectivity index (χ3v) is 5.29. The lowest BCUT2D eigenvalue weighted by molar-refractivity contribution is -0.121. The van der Waals surface area contributed by atoms with Gasteiger partial charge in [-0.25, -0.2) is 4.90 Å². The van der Waals surface area contributed by atoms with Crippen LogP contribution in [0.3, 0.4) is 0 Å². The van der Waals surface area contributed by atoms with Gasteiger partial charge in [0.15, 0.2) is 0 Å². The Hall–Kier alpha value is -3.32. The Labute approximate surface area is 188 Å². The maximum atomic E-state index is 13.6. The monoisotopic (exact) mass is 436 g/mol. The lowest BCUT2D eigenvalue weighted by Gasteiger charge is -2.29. The highest BCUT2D eigenvalue weighted by molar-refractivity contribution is 6.45. The van der Waals surface area contributed by atoms with Crippen LogP contribution in [0.1, 0.15) is 26.3 Å². The van der Waals surface area contributed by atoms with E-state index in [0.29, 0.717) is 61.2 Å². The minimum atomic E-state index is -0.345. The zero-order valence-electron chi connectivity index (χ0n) is 18.7. The molecule has 0 bridgehead atoms. The van der Waals surface area contributed by atoms with Gasteiger partial charge in [0, 0.05) is 19.2 Å². The number of nitrogens with zero attached hydrogens (tertiary/aromatic N) is 2. The van der Waals surface area contributed by atoms with Crippen LogP contribution in [0, 0.1) is 0 Å². The first-order chi connectivity index (χ1) is 15.5. The maximum Gasteiger partial charge on any atom is 0.282 e. The van der Waals surface area contributed by atoms with E-state index in [1.165, 1.54) is 4.90 Å². The zero-order chi connectivity index (χ0) is 22.7. The molecular formula is C25H28N2O5. The Kier molecular flexibility index (Phi) is 6.46. The van der Waals surface area contributed by atoms with Crippen molar-refractivity contribution in [2.45, 2.75) is 26.9 Å². The van der Waals surface area contributed by atoms with Crippen molar-refractivity contribution in [3.63, 3.8) is 0 Å². The third-order valence-electron chi connectivity index (χ3n) is 5.29. The molecule has 0 aromatic heterocycles. The van der Waals surface area contributed by atoms with Crippen molar-refractivity contribution in [2.24, 2.45) is 0 Å². The van der Waals surface area contributed by atoms with Crippen molar-refractivity contribution in [3.05, 3.63) is 59.8 Å². The average molecular weight is 437 g/mol. The molecule has 168 valence electrons. The molecule has 0 saturated carbocycles. The first-order valence-corrected chi connectivity index (χ1v) is 10.9. The molecule has 0 unspecified atom stereocenters. The molecule has 0 spiro atoms. The van der Waals surface area contributed by atoms with E-state index in [0.717, 1.165) is 5.75 Å². The summed E-state index contributed by atoms with van der Waals surface area (Å²) in [5.74, 6) is 0.656. The molecule has 2 aliphatic rings. The van der Waals surface area contributed by atoms with Gasteiger partial charge in [-0.1, -0.05) is 18.2 Å². The van der Waals surface area contributed by atoms with Crippen molar-refractivity contribution in [1.82, 2.24) is 4.90 Å². The van der Waals surface area contributed by atoms with Gasteiger partial charge in [-0.05, 0) is 50.6 Å². The van der Waals surface area contributed by atoms with E-state index in [-0.39, 0.29) is 17.9 Å². The van der Waals surface area contributed by atoms with Crippen LogP contribution in [0.15, 0.2) is 54.2 Å². The molecular weight excluding hydrogens is 408 g/mol. The summed E-state index contributed by atoms with van der Waals surface area (Å²) < 4.78 is 16.8. The number of imide groups is 1. The lowest BCUT2D eigenvalue weighted by Crippen LogP contribution is -2.40. The molecule has 4 rings (SSSR count). The van der Waals surface area contributed by atoms with Crippen molar-refractivity contribution >= 4 is 23.1 Å². The predicted molar refractivity (Wildman–Crippen MR) is 122 cm³/mol. The van der Waals surface area contributed by atoms with E-state index < -0.39 is 0 Å². The van der Waals surface area contributed by atoms with Gasteiger partial charge in [0.05, 0.1) is 37.2 Å². The number of anilines is 1. The topological polar surface area (TPSA) is 68.3 Å². The predicted octanol–water partition coefficient (Wildman–Crippen LogP) is 3.49. The quantitative estimate of drug-likeness (QED) is 0.619. The summed E-state index contributed by atoms with van der Waals surface area (Å²) in [6, 6.07) is 14.4. The summed E-state index contributed by atoms with van der Waals surface area (Å²) >= 11 is 0. The molecule has 2 aromatic rings. The Bertz CT molecular complexity index is 1020. The third kappa shape index (κ3) is 4.34. The molecule has 32 heavy (non-hydrogen) atoms. The fraction of sp³-hybridized carbons (Fsp3) is 0.360. The molecule has 1 fully saturated rings. The number of amides is 2. The largest absolute Gasteiger partial charge is 0.494 e. The molecule has 2 aromatic carbocycles. The van der Waals surface area contributed by atoms with Gasteiger partial charge in [0.1, 0.15) is 17.2 Å². The van der Waals surface area contributed by atoms with Gasteiger partial charge >= 0.3 is 0 Å². The maximum absolute atomic E-state index is 13.6. The fourth-order valence-electron chi connectivity index (χ4n) is 3.94. The van der Waals surface area contributed by atoms with Crippen LogP contribution < -0.4 is 14.4 Å². The zero-order valence-corrected chi connectivity index (χ0v) is 18.7. The van der Waals surface area contributed by atoms with Crippen molar-refractivity contribution in [3.8, 4) is 11.5 Å². The number of carbonyl (C=O) groups excluding carboxylic acids is 2.